The van der Waals surface area contributed by atoms with Crippen molar-refractivity contribution in [1.29, 1.82) is 0 Å². The molecule has 0 aromatic heterocycles. The molecule has 1 aromatic carbocycles. The van der Waals surface area contributed by atoms with Gasteiger partial charge in [-0.05, 0) is 26.0 Å². The van der Waals surface area contributed by atoms with Crippen LogP contribution in [0.4, 0.5) is 5.69 Å². The van der Waals surface area contributed by atoms with E-state index < -0.39 is 0 Å². The minimum Gasteiger partial charge on any atom is -0.314 e. The Kier molecular flexibility index (Phi) is 3.40. The molecule has 0 unspecified atom stereocenters. The van der Waals surface area contributed by atoms with E-state index in [1.165, 1.54) is 0 Å². The molecule has 1 fully saturated rings. The Morgan fingerprint density at radius 2 is 2.06 bits per heavy atom. The number of amides is 1. The molecular formula is C13H17ClN2O. The Hall–Kier alpha value is -1.06. The Morgan fingerprint density at radius 1 is 1.35 bits per heavy atom. The lowest BCUT2D eigenvalue weighted by Crippen LogP contribution is -2.51. The van der Waals surface area contributed by atoms with Crippen molar-refractivity contribution < 1.29 is 4.79 Å². The highest BCUT2D eigenvalue weighted by atomic mass is 35.5. The first-order chi connectivity index (χ1) is 8.02. The van der Waals surface area contributed by atoms with Crippen molar-refractivity contribution in [1.82, 2.24) is 5.32 Å². The number of rotatable bonds is 1. The lowest BCUT2D eigenvalue weighted by Gasteiger charge is -2.37. The summed E-state index contributed by atoms with van der Waals surface area (Å²) in [6.07, 6.45) is 0.509. The van der Waals surface area contributed by atoms with Crippen LogP contribution in [-0.2, 0) is 4.79 Å². The second kappa shape index (κ2) is 4.67. The Bertz CT molecular complexity index is 431. The second-order valence-electron chi connectivity index (χ2n) is 4.92. The van der Waals surface area contributed by atoms with E-state index >= 15 is 0 Å². The van der Waals surface area contributed by atoms with Gasteiger partial charge in [0.2, 0.25) is 5.91 Å². The fourth-order valence-electron chi connectivity index (χ4n) is 2.21. The molecule has 0 saturated carbocycles. The predicted octanol–water partition coefficient (Wildman–Crippen LogP) is 2.44. The van der Waals surface area contributed by atoms with Crippen molar-refractivity contribution in [3.8, 4) is 0 Å². The van der Waals surface area contributed by atoms with E-state index in [-0.39, 0.29) is 11.4 Å². The van der Waals surface area contributed by atoms with Gasteiger partial charge in [-0.2, -0.15) is 0 Å². The highest BCUT2D eigenvalue weighted by molar-refractivity contribution is 6.33. The van der Waals surface area contributed by atoms with Gasteiger partial charge in [0.1, 0.15) is 0 Å². The lowest BCUT2D eigenvalue weighted by molar-refractivity contribution is -0.119. The molecule has 4 heteroatoms. The van der Waals surface area contributed by atoms with Crippen molar-refractivity contribution in [3.05, 3.63) is 29.3 Å². The number of benzene rings is 1. The summed E-state index contributed by atoms with van der Waals surface area (Å²) in [6.45, 7) is 5.59. The van der Waals surface area contributed by atoms with Gasteiger partial charge in [0.05, 0.1) is 16.2 Å². The van der Waals surface area contributed by atoms with Crippen molar-refractivity contribution >= 4 is 23.2 Å². The van der Waals surface area contributed by atoms with E-state index in [2.05, 4.69) is 5.32 Å². The number of nitrogens with zero attached hydrogens (tertiary/aromatic N) is 1. The molecule has 0 aliphatic carbocycles. The summed E-state index contributed by atoms with van der Waals surface area (Å²) in [7, 11) is 0. The minimum atomic E-state index is -0.265. The van der Waals surface area contributed by atoms with Crippen LogP contribution in [0.3, 0.4) is 0 Å². The highest BCUT2D eigenvalue weighted by Gasteiger charge is 2.34. The molecule has 1 saturated heterocycles. The zero-order valence-electron chi connectivity index (χ0n) is 10.2. The smallest absolute Gasteiger partial charge is 0.228 e. The number of para-hydroxylation sites is 1. The number of hydrogen-bond acceptors (Lipinski definition) is 2. The molecule has 1 aliphatic heterocycles. The Balaban J connectivity index is 2.45. The van der Waals surface area contributed by atoms with E-state index in [1.807, 2.05) is 43.0 Å². The van der Waals surface area contributed by atoms with Gasteiger partial charge in [-0.15, -0.1) is 0 Å². The van der Waals surface area contributed by atoms with Gasteiger partial charge < -0.3 is 10.2 Å². The topological polar surface area (TPSA) is 32.3 Å². The molecule has 1 amide bonds. The number of carbonyl (C=O) groups excluding carboxylic acids is 1. The van der Waals surface area contributed by atoms with Gasteiger partial charge in [0, 0.05) is 19.5 Å². The molecule has 2 rings (SSSR count). The fourth-order valence-corrected chi connectivity index (χ4v) is 2.43. The van der Waals surface area contributed by atoms with Gasteiger partial charge in [0.25, 0.3) is 0 Å². The van der Waals surface area contributed by atoms with Gasteiger partial charge in [-0.25, -0.2) is 0 Å². The fraction of sp³-hybridized carbons (Fsp3) is 0.462. The molecule has 0 spiro atoms. The lowest BCUT2D eigenvalue weighted by atomic mass is 10.0. The van der Waals surface area contributed by atoms with E-state index in [4.69, 9.17) is 11.6 Å². The number of halogens is 1. The minimum absolute atomic E-state index is 0.119. The maximum atomic E-state index is 12.2. The first-order valence-corrected chi connectivity index (χ1v) is 6.18. The largest absolute Gasteiger partial charge is 0.314 e. The van der Waals surface area contributed by atoms with Crippen molar-refractivity contribution in [3.63, 3.8) is 0 Å². The predicted molar refractivity (Wildman–Crippen MR) is 70.5 cm³/mol. The summed E-state index contributed by atoms with van der Waals surface area (Å²) in [6, 6.07) is 7.49. The molecule has 0 bridgehead atoms. The monoisotopic (exact) mass is 252 g/mol. The van der Waals surface area contributed by atoms with Crippen LogP contribution in [0, 0.1) is 0 Å². The SMILES string of the molecule is CC1(C)CNCCC(=O)N1c1ccccc1Cl. The average molecular weight is 253 g/mol. The summed E-state index contributed by atoms with van der Waals surface area (Å²) in [4.78, 5) is 14.0. The van der Waals surface area contributed by atoms with E-state index in [0.717, 1.165) is 18.8 Å². The first-order valence-electron chi connectivity index (χ1n) is 5.81. The molecule has 1 N–H and O–H groups in total. The van der Waals surface area contributed by atoms with Crippen LogP contribution in [0.5, 0.6) is 0 Å². The van der Waals surface area contributed by atoms with Crippen LogP contribution >= 0.6 is 11.6 Å². The normalized spacial score (nSPS) is 20.2. The van der Waals surface area contributed by atoms with Crippen LogP contribution in [0.25, 0.3) is 0 Å². The quantitative estimate of drug-likeness (QED) is 0.833. The van der Waals surface area contributed by atoms with Gasteiger partial charge >= 0.3 is 0 Å². The van der Waals surface area contributed by atoms with E-state index in [9.17, 15) is 4.79 Å². The van der Waals surface area contributed by atoms with Crippen LogP contribution in [0.15, 0.2) is 24.3 Å². The van der Waals surface area contributed by atoms with Crippen LogP contribution in [-0.4, -0.2) is 24.5 Å². The zero-order valence-corrected chi connectivity index (χ0v) is 10.9. The maximum Gasteiger partial charge on any atom is 0.228 e. The third-order valence-electron chi connectivity index (χ3n) is 3.02. The molecule has 1 heterocycles. The number of anilines is 1. The molecule has 1 aromatic rings. The summed E-state index contributed by atoms with van der Waals surface area (Å²) in [5.41, 5.74) is 0.534. The zero-order chi connectivity index (χ0) is 12.5. The molecule has 17 heavy (non-hydrogen) atoms. The van der Waals surface area contributed by atoms with Crippen LogP contribution in [0.1, 0.15) is 20.3 Å². The summed E-state index contributed by atoms with van der Waals surface area (Å²) in [5, 5.41) is 3.90. The third kappa shape index (κ3) is 2.45. The van der Waals surface area contributed by atoms with Gasteiger partial charge in [0.15, 0.2) is 0 Å². The van der Waals surface area contributed by atoms with Gasteiger partial charge in [-0.1, -0.05) is 23.7 Å². The second-order valence-corrected chi connectivity index (χ2v) is 5.33. The van der Waals surface area contributed by atoms with Crippen molar-refractivity contribution in [2.75, 3.05) is 18.0 Å². The molecule has 1 aliphatic rings. The van der Waals surface area contributed by atoms with Crippen LogP contribution < -0.4 is 10.2 Å². The van der Waals surface area contributed by atoms with Crippen LogP contribution in [0.2, 0.25) is 5.02 Å². The Labute approximate surface area is 107 Å². The maximum absolute atomic E-state index is 12.2. The summed E-state index contributed by atoms with van der Waals surface area (Å²) < 4.78 is 0. The first kappa shape index (κ1) is 12.4. The Morgan fingerprint density at radius 3 is 2.76 bits per heavy atom. The van der Waals surface area contributed by atoms with E-state index in [0.29, 0.717) is 11.4 Å². The third-order valence-corrected chi connectivity index (χ3v) is 3.34. The van der Waals surface area contributed by atoms with Crippen molar-refractivity contribution in [2.24, 2.45) is 0 Å². The van der Waals surface area contributed by atoms with Gasteiger partial charge in [-0.3, -0.25) is 4.79 Å². The molecule has 3 nitrogen and oxygen atoms in total. The summed E-state index contributed by atoms with van der Waals surface area (Å²) >= 11 is 6.19. The number of nitrogens with one attached hydrogen (secondary N) is 1. The number of carbonyl (C=O) groups is 1. The number of hydrogen-bond donors (Lipinski definition) is 1. The molecule has 92 valence electrons. The molecule has 0 atom stereocenters. The highest BCUT2D eigenvalue weighted by Crippen LogP contribution is 2.32. The van der Waals surface area contributed by atoms with Crippen molar-refractivity contribution in [2.45, 2.75) is 25.8 Å². The molecular weight excluding hydrogens is 236 g/mol. The summed E-state index contributed by atoms with van der Waals surface area (Å²) in [5.74, 6) is 0.119. The van der Waals surface area contributed by atoms with E-state index in [1.54, 1.807) is 0 Å². The standard InChI is InChI=1S/C13H17ClN2O/c1-13(2)9-15-8-7-12(17)16(13)11-6-4-3-5-10(11)14/h3-6,15H,7-9H2,1-2H3. The molecule has 0 radical (unpaired) electrons. The average Bonchev–Trinajstić information content (AvgIpc) is 2.39.